The van der Waals surface area contributed by atoms with Crippen LogP contribution in [0.2, 0.25) is 0 Å². The minimum absolute atomic E-state index is 0.175. The van der Waals surface area contributed by atoms with Crippen LogP contribution in [-0.4, -0.2) is 44.3 Å². The van der Waals surface area contributed by atoms with Crippen LogP contribution in [0.3, 0.4) is 0 Å². The van der Waals surface area contributed by atoms with Crippen LogP contribution < -0.4 is 5.32 Å². The number of amides is 1. The van der Waals surface area contributed by atoms with Gasteiger partial charge in [0.25, 0.3) is 5.91 Å². The molecule has 7 nitrogen and oxygen atoms in total. The van der Waals surface area contributed by atoms with Crippen LogP contribution in [0.1, 0.15) is 70.9 Å². The van der Waals surface area contributed by atoms with Crippen molar-refractivity contribution >= 4 is 38.2 Å². The number of rotatable bonds is 7. The maximum atomic E-state index is 13.1. The van der Waals surface area contributed by atoms with Crippen LogP contribution >= 0.6 is 11.3 Å². The summed E-state index contributed by atoms with van der Waals surface area (Å²) >= 11 is 1.28. The molecule has 0 atom stereocenters. The number of piperidine rings is 1. The number of anilines is 1. The highest BCUT2D eigenvalue weighted by Crippen LogP contribution is 2.38. The minimum Gasteiger partial charge on any atom is -0.462 e. The van der Waals surface area contributed by atoms with Gasteiger partial charge in [0.15, 0.2) is 0 Å². The number of benzene rings is 2. The molecule has 5 rings (SSSR count). The summed E-state index contributed by atoms with van der Waals surface area (Å²) in [6, 6.07) is 12.3. The first-order valence-corrected chi connectivity index (χ1v) is 15.5. The number of hydrogen-bond donors (Lipinski definition) is 1. The number of fused-ring (bicyclic) bond motifs is 1. The lowest BCUT2D eigenvalue weighted by molar-refractivity contribution is 0.0529. The average Bonchev–Trinajstić information content (AvgIpc) is 3.37. The zero-order valence-corrected chi connectivity index (χ0v) is 23.1. The van der Waals surface area contributed by atoms with E-state index in [1.807, 2.05) is 11.4 Å². The third-order valence-corrected chi connectivity index (χ3v) is 10.0. The maximum absolute atomic E-state index is 13.1. The zero-order valence-electron chi connectivity index (χ0n) is 21.5. The zero-order chi connectivity index (χ0) is 26.7. The molecule has 2 heterocycles. The second-order valence-corrected chi connectivity index (χ2v) is 12.5. The Morgan fingerprint density at radius 2 is 1.66 bits per heavy atom. The van der Waals surface area contributed by atoms with E-state index in [0.717, 1.165) is 49.7 Å². The largest absolute Gasteiger partial charge is 0.462 e. The molecule has 2 aliphatic rings. The van der Waals surface area contributed by atoms with Crippen molar-refractivity contribution in [1.82, 2.24) is 4.31 Å². The minimum atomic E-state index is -3.58. The number of aryl methyl sites for hydroxylation is 2. The topological polar surface area (TPSA) is 92.8 Å². The molecule has 0 bridgehead atoms. The van der Waals surface area contributed by atoms with Gasteiger partial charge in [0.05, 0.1) is 11.5 Å². The number of nitrogens with zero attached hydrogens (tertiary/aromatic N) is 1. The molecular weight excluding hydrogens is 520 g/mol. The Morgan fingerprint density at radius 1 is 0.947 bits per heavy atom. The normalized spacial score (nSPS) is 16.0. The highest BCUT2D eigenvalue weighted by Gasteiger charge is 2.27. The molecule has 0 radical (unpaired) electrons. The lowest BCUT2D eigenvalue weighted by Crippen LogP contribution is -2.35. The Kier molecular flexibility index (Phi) is 7.97. The fraction of sp³-hybridized carbons (Fsp3) is 0.379. The Morgan fingerprint density at radius 3 is 2.37 bits per heavy atom. The summed E-state index contributed by atoms with van der Waals surface area (Å²) in [6.07, 6.45) is 7.20. The highest BCUT2D eigenvalue weighted by molar-refractivity contribution is 7.89. The molecule has 1 aliphatic carbocycles. The number of nitrogens with one attached hydrogen (secondary N) is 1. The smallest absolute Gasteiger partial charge is 0.341 e. The van der Waals surface area contributed by atoms with Crippen molar-refractivity contribution in [2.24, 2.45) is 0 Å². The van der Waals surface area contributed by atoms with Crippen molar-refractivity contribution in [3.63, 3.8) is 0 Å². The molecule has 3 aromatic rings. The highest BCUT2D eigenvalue weighted by atomic mass is 32.2. The van der Waals surface area contributed by atoms with Gasteiger partial charge in [0.1, 0.15) is 10.6 Å². The van der Waals surface area contributed by atoms with Crippen LogP contribution in [0.25, 0.3) is 11.1 Å². The molecule has 1 saturated heterocycles. The van der Waals surface area contributed by atoms with Crippen molar-refractivity contribution in [3.8, 4) is 11.1 Å². The van der Waals surface area contributed by atoms with Crippen molar-refractivity contribution in [1.29, 1.82) is 0 Å². The van der Waals surface area contributed by atoms with Gasteiger partial charge in [0, 0.05) is 29.6 Å². The van der Waals surface area contributed by atoms with Gasteiger partial charge < -0.3 is 10.1 Å². The summed E-state index contributed by atoms with van der Waals surface area (Å²) in [4.78, 5) is 26.3. The monoisotopic (exact) mass is 552 g/mol. The SMILES string of the molecule is CCOC(=O)c1c(-c2ccc3c(c2)CCCC3)csc1NC(=O)c1ccc(S(=O)(=O)N2CCCCC2)cc1. The molecule has 0 spiro atoms. The molecule has 2 aromatic carbocycles. The van der Waals surface area contributed by atoms with Crippen LogP contribution in [0.15, 0.2) is 52.7 Å². The third-order valence-electron chi connectivity index (χ3n) is 7.23. The standard InChI is InChI=1S/C29H32N2O5S2/c1-2-36-29(33)26-25(23-11-10-20-8-4-5-9-22(20)18-23)19-37-28(26)30-27(32)21-12-14-24(15-13-21)38(34,35)31-16-6-3-7-17-31/h10-15,18-19H,2-9,16-17H2,1H3,(H,30,32). The molecule has 9 heteroatoms. The van der Waals surface area contributed by atoms with Crippen molar-refractivity contribution in [2.45, 2.75) is 56.8 Å². The lowest BCUT2D eigenvalue weighted by atomic mass is 9.89. The predicted octanol–water partition coefficient (Wildman–Crippen LogP) is 5.90. The van der Waals surface area contributed by atoms with Gasteiger partial charge in [-0.05, 0) is 86.4 Å². The second kappa shape index (κ2) is 11.4. The summed E-state index contributed by atoms with van der Waals surface area (Å²) < 4.78 is 32.7. The van der Waals surface area contributed by atoms with Gasteiger partial charge in [0.2, 0.25) is 10.0 Å². The van der Waals surface area contributed by atoms with E-state index < -0.39 is 21.9 Å². The summed E-state index contributed by atoms with van der Waals surface area (Å²) in [5.41, 5.74) is 4.97. The molecule has 1 aliphatic heterocycles. The van der Waals surface area contributed by atoms with E-state index in [-0.39, 0.29) is 11.5 Å². The number of hydrogen-bond acceptors (Lipinski definition) is 6. The molecule has 1 amide bonds. The van der Waals surface area contributed by atoms with Gasteiger partial charge >= 0.3 is 5.97 Å². The summed E-state index contributed by atoms with van der Waals surface area (Å²) in [6.45, 7) is 3.01. The number of carbonyl (C=O) groups is 2. The second-order valence-electron chi connectivity index (χ2n) is 9.71. The first kappa shape index (κ1) is 26.6. The number of carbonyl (C=O) groups excluding carboxylic acids is 2. The first-order valence-electron chi connectivity index (χ1n) is 13.2. The third kappa shape index (κ3) is 5.41. The van der Waals surface area contributed by atoms with Gasteiger partial charge in [-0.15, -0.1) is 11.3 Å². The van der Waals surface area contributed by atoms with Crippen LogP contribution in [0, 0.1) is 0 Å². The van der Waals surface area contributed by atoms with Crippen LogP contribution in [0.4, 0.5) is 5.00 Å². The molecule has 0 saturated carbocycles. The van der Waals surface area contributed by atoms with E-state index in [2.05, 4.69) is 17.4 Å². The van der Waals surface area contributed by atoms with E-state index in [4.69, 9.17) is 4.74 Å². The number of ether oxygens (including phenoxy) is 1. The van der Waals surface area contributed by atoms with Crippen molar-refractivity contribution in [3.05, 3.63) is 70.1 Å². The average molecular weight is 553 g/mol. The molecule has 38 heavy (non-hydrogen) atoms. The Balaban J connectivity index is 1.39. The molecule has 200 valence electrons. The fourth-order valence-electron chi connectivity index (χ4n) is 5.18. The quantitative estimate of drug-likeness (QED) is 0.369. The van der Waals surface area contributed by atoms with Crippen molar-refractivity contribution in [2.75, 3.05) is 25.0 Å². The van der Waals surface area contributed by atoms with Gasteiger partial charge in [-0.2, -0.15) is 4.31 Å². The lowest BCUT2D eigenvalue weighted by Gasteiger charge is -2.25. The fourth-order valence-corrected chi connectivity index (χ4v) is 7.65. The van der Waals surface area contributed by atoms with E-state index in [1.54, 1.807) is 6.92 Å². The van der Waals surface area contributed by atoms with Crippen LogP contribution in [0.5, 0.6) is 0 Å². The number of thiophene rings is 1. The van der Waals surface area contributed by atoms with E-state index in [1.165, 1.54) is 57.5 Å². The van der Waals surface area contributed by atoms with Crippen LogP contribution in [-0.2, 0) is 27.6 Å². The van der Waals surface area contributed by atoms with Gasteiger partial charge in [-0.25, -0.2) is 13.2 Å². The number of esters is 1. The maximum Gasteiger partial charge on any atom is 0.341 e. The predicted molar refractivity (Wildman–Crippen MR) is 149 cm³/mol. The van der Waals surface area contributed by atoms with Gasteiger partial charge in [-0.1, -0.05) is 24.6 Å². The van der Waals surface area contributed by atoms with E-state index in [0.29, 0.717) is 29.2 Å². The summed E-state index contributed by atoms with van der Waals surface area (Å²) in [5, 5.41) is 5.14. The molecule has 1 fully saturated rings. The Hall–Kier alpha value is -3.01. The first-order chi connectivity index (χ1) is 18.4. The summed E-state index contributed by atoms with van der Waals surface area (Å²) in [7, 11) is -3.58. The molecule has 1 N–H and O–H groups in total. The van der Waals surface area contributed by atoms with Crippen molar-refractivity contribution < 1.29 is 22.7 Å². The Labute approximate surface area is 227 Å². The van der Waals surface area contributed by atoms with Gasteiger partial charge in [-0.3, -0.25) is 4.79 Å². The molecular formula is C29H32N2O5S2. The van der Waals surface area contributed by atoms with E-state index >= 15 is 0 Å². The van der Waals surface area contributed by atoms with E-state index in [9.17, 15) is 18.0 Å². The Bertz CT molecular complexity index is 1440. The molecule has 0 unspecified atom stereocenters. The summed E-state index contributed by atoms with van der Waals surface area (Å²) in [5.74, 6) is -0.906. The molecule has 1 aromatic heterocycles. The number of sulfonamides is 1.